The van der Waals surface area contributed by atoms with Gasteiger partial charge in [-0.3, -0.25) is 4.79 Å². The second-order valence-corrected chi connectivity index (χ2v) is 4.62. The van der Waals surface area contributed by atoms with Gasteiger partial charge in [0.05, 0.1) is 20.2 Å². The zero-order chi connectivity index (χ0) is 13.8. The van der Waals surface area contributed by atoms with Crippen LogP contribution in [0, 0.1) is 6.92 Å². The lowest BCUT2D eigenvalue weighted by Gasteiger charge is -2.03. The quantitative estimate of drug-likeness (QED) is 0.742. The zero-order valence-corrected chi connectivity index (χ0v) is 11.1. The summed E-state index contributed by atoms with van der Waals surface area (Å²) in [5.41, 5.74) is 0.418. The number of rotatable bonds is 6. The van der Waals surface area contributed by atoms with Gasteiger partial charge < -0.3 is 19.8 Å². The van der Waals surface area contributed by atoms with Crippen molar-refractivity contribution in [2.45, 2.75) is 32.4 Å². The Bertz CT molecular complexity index is 477. The molecule has 0 spiro atoms. The van der Waals surface area contributed by atoms with Crippen molar-refractivity contribution in [3.63, 3.8) is 0 Å². The van der Waals surface area contributed by atoms with Crippen molar-refractivity contribution < 1.29 is 18.7 Å². The van der Waals surface area contributed by atoms with Crippen LogP contribution in [0.4, 0.5) is 0 Å². The Labute approximate surface area is 111 Å². The highest BCUT2D eigenvalue weighted by atomic mass is 16.5. The maximum absolute atomic E-state index is 11.4. The summed E-state index contributed by atoms with van der Waals surface area (Å²) in [6.45, 7) is 2.34. The molecule has 0 saturated heterocycles. The number of aryl methyl sites for hydroxylation is 1. The third kappa shape index (κ3) is 3.82. The number of amides is 1. The molecule has 0 aliphatic heterocycles. The van der Waals surface area contributed by atoms with E-state index in [1.54, 1.807) is 13.0 Å². The summed E-state index contributed by atoms with van der Waals surface area (Å²) in [4.78, 5) is 22.8. The second-order valence-electron chi connectivity index (χ2n) is 4.62. The fourth-order valence-electron chi connectivity index (χ4n) is 1.75. The van der Waals surface area contributed by atoms with Crippen LogP contribution in [0.3, 0.4) is 0 Å². The van der Waals surface area contributed by atoms with Gasteiger partial charge in [-0.2, -0.15) is 0 Å². The van der Waals surface area contributed by atoms with Gasteiger partial charge in [0.15, 0.2) is 0 Å². The Hall–Kier alpha value is -1.82. The van der Waals surface area contributed by atoms with E-state index >= 15 is 0 Å². The molecule has 0 atom stereocenters. The Morgan fingerprint density at radius 3 is 2.84 bits per heavy atom. The Morgan fingerprint density at radius 2 is 2.21 bits per heavy atom. The molecule has 1 aromatic rings. The minimum atomic E-state index is -0.418. The molecule has 1 aromatic heterocycles. The summed E-state index contributed by atoms with van der Waals surface area (Å²) in [5, 5.41) is 5.85. The van der Waals surface area contributed by atoms with Crippen molar-refractivity contribution in [3.8, 4) is 0 Å². The zero-order valence-electron chi connectivity index (χ0n) is 11.1. The van der Waals surface area contributed by atoms with E-state index in [0.717, 1.165) is 12.8 Å². The van der Waals surface area contributed by atoms with Crippen LogP contribution in [0.5, 0.6) is 0 Å². The summed E-state index contributed by atoms with van der Waals surface area (Å²) in [6.07, 6.45) is 2.15. The van der Waals surface area contributed by atoms with E-state index in [2.05, 4.69) is 15.4 Å². The van der Waals surface area contributed by atoms with Gasteiger partial charge in [0.2, 0.25) is 5.91 Å². The molecule has 6 nitrogen and oxygen atoms in total. The van der Waals surface area contributed by atoms with Gasteiger partial charge in [0, 0.05) is 6.04 Å². The first-order chi connectivity index (χ1) is 9.10. The molecular formula is C13H18N2O4. The minimum absolute atomic E-state index is 0.0148. The predicted molar refractivity (Wildman–Crippen MR) is 67.7 cm³/mol. The maximum atomic E-state index is 11.4. The predicted octanol–water partition coefficient (Wildman–Crippen LogP) is 0.743. The average Bonchev–Trinajstić information content (AvgIpc) is 3.10. The molecule has 0 unspecified atom stereocenters. The van der Waals surface area contributed by atoms with Crippen molar-refractivity contribution in [1.82, 2.24) is 10.6 Å². The number of ether oxygens (including phenoxy) is 1. The van der Waals surface area contributed by atoms with E-state index in [4.69, 9.17) is 4.42 Å². The molecule has 1 saturated carbocycles. The van der Waals surface area contributed by atoms with Gasteiger partial charge in [-0.15, -0.1) is 0 Å². The minimum Gasteiger partial charge on any atom is -0.465 e. The SMILES string of the molecule is COC(=O)c1cc(CNCC(=O)NC2CC2)oc1C. The lowest BCUT2D eigenvalue weighted by molar-refractivity contribution is -0.120. The van der Waals surface area contributed by atoms with E-state index in [1.165, 1.54) is 7.11 Å². The molecule has 19 heavy (non-hydrogen) atoms. The van der Waals surface area contributed by atoms with Crippen molar-refractivity contribution in [2.75, 3.05) is 13.7 Å². The lowest BCUT2D eigenvalue weighted by atomic mass is 10.2. The Morgan fingerprint density at radius 1 is 1.47 bits per heavy atom. The number of hydrogen-bond acceptors (Lipinski definition) is 5. The number of methoxy groups -OCH3 is 1. The highest BCUT2D eigenvalue weighted by Crippen LogP contribution is 2.18. The van der Waals surface area contributed by atoms with Crippen LogP contribution in [0.1, 0.15) is 34.7 Å². The van der Waals surface area contributed by atoms with Crippen molar-refractivity contribution >= 4 is 11.9 Å². The van der Waals surface area contributed by atoms with E-state index in [0.29, 0.717) is 29.7 Å². The molecule has 1 aliphatic carbocycles. The van der Waals surface area contributed by atoms with E-state index in [9.17, 15) is 9.59 Å². The number of esters is 1. The molecule has 0 aromatic carbocycles. The number of furan rings is 1. The summed E-state index contributed by atoms with van der Waals surface area (Å²) in [5.74, 6) is 0.696. The van der Waals surface area contributed by atoms with Crippen molar-refractivity contribution in [1.29, 1.82) is 0 Å². The fourth-order valence-corrected chi connectivity index (χ4v) is 1.75. The summed E-state index contributed by atoms with van der Waals surface area (Å²) in [7, 11) is 1.33. The van der Waals surface area contributed by atoms with Crippen LogP contribution < -0.4 is 10.6 Å². The standard InChI is InChI=1S/C13H18N2O4/c1-8-11(13(17)18-2)5-10(19-8)6-14-7-12(16)15-9-3-4-9/h5,9,14H,3-4,6-7H2,1-2H3,(H,15,16). The molecule has 104 valence electrons. The molecule has 1 heterocycles. The number of hydrogen-bond donors (Lipinski definition) is 2. The lowest BCUT2D eigenvalue weighted by Crippen LogP contribution is -2.34. The molecule has 0 bridgehead atoms. The molecule has 1 aliphatic rings. The van der Waals surface area contributed by atoms with Gasteiger partial charge in [-0.25, -0.2) is 4.79 Å². The third-order valence-electron chi connectivity index (χ3n) is 2.90. The Kier molecular flexibility index (Phi) is 4.21. The molecule has 2 N–H and O–H groups in total. The first-order valence-electron chi connectivity index (χ1n) is 6.28. The molecule has 1 amide bonds. The van der Waals surface area contributed by atoms with Crippen LogP contribution >= 0.6 is 0 Å². The highest BCUT2D eigenvalue weighted by Gasteiger charge is 2.22. The van der Waals surface area contributed by atoms with Gasteiger partial charge in [-0.1, -0.05) is 0 Å². The first-order valence-corrected chi connectivity index (χ1v) is 6.28. The van der Waals surface area contributed by atoms with Crippen molar-refractivity contribution in [3.05, 3.63) is 23.2 Å². The van der Waals surface area contributed by atoms with Crippen LogP contribution in [0.25, 0.3) is 0 Å². The average molecular weight is 266 g/mol. The third-order valence-corrected chi connectivity index (χ3v) is 2.90. The number of carbonyl (C=O) groups is 2. The largest absolute Gasteiger partial charge is 0.465 e. The van der Waals surface area contributed by atoms with Gasteiger partial charge in [-0.05, 0) is 25.8 Å². The van der Waals surface area contributed by atoms with Crippen LogP contribution in [0.2, 0.25) is 0 Å². The fraction of sp³-hybridized carbons (Fsp3) is 0.538. The second kappa shape index (κ2) is 5.88. The monoisotopic (exact) mass is 266 g/mol. The molecular weight excluding hydrogens is 248 g/mol. The van der Waals surface area contributed by atoms with Crippen molar-refractivity contribution in [2.24, 2.45) is 0 Å². The van der Waals surface area contributed by atoms with Gasteiger partial charge in [0.25, 0.3) is 0 Å². The normalized spacial score (nSPS) is 14.2. The van der Waals surface area contributed by atoms with E-state index in [1.807, 2.05) is 0 Å². The number of nitrogens with one attached hydrogen (secondary N) is 2. The van der Waals surface area contributed by atoms with E-state index < -0.39 is 5.97 Å². The summed E-state index contributed by atoms with van der Waals surface area (Å²) < 4.78 is 10.1. The topological polar surface area (TPSA) is 80.6 Å². The van der Waals surface area contributed by atoms with Gasteiger partial charge in [0.1, 0.15) is 17.1 Å². The molecule has 6 heteroatoms. The van der Waals surface area contributed by atoms with Crippen LogP contribution in [-0.4, -0.2) is 31.6 Å². The number of carbonyl (C=O) groups excluding carboxylic acids is 2. The Balaban J connectivity index is 1.79. The molecule has 1 fully saturated rings. The highest BCUT2D eigenvalue weighted by molar-refractivity contribution is 5.90. The smallest absolute Gasteiger partial charge is 0.341 e. The maximum Gasteiger partial charge on any atom is 0.341 e. The molecule has 0 radical (unpaired) electrons. The molecule has 2 rings (SSSR count). The van der Waals surface area contributed by atoms with E-state index in [-0.39, 0.29) is 12.5 Å². The van der Waals surface area contributed by atoms with Gasteiger partial charge >= 0.3 is 5.97 Å². The summed E-state index contributed by atoms with van der Waals surface area (Å²) >= 11 is 0. The van der Waals surface area contributed by atoms with Crippen LogP contribution in [0.15, 0.2) is 10.5 Å². The summed E-state index contributed by atoms with van der Waals surface area (Å²) in [6, 6.07) is 2.00. The van der Waals surface area contributed by atoms with Crippen LogP contribution in [-0.2, 0) is 16.1 Å². The first kappa shape index (κ1) is 13.6.